The first-order chi connectivity index (χ1) is 12.4. The van der Waals surface area contributed by atoms with Crippen molar-refractivity contribution < 1.29 is 14.3 Å². The molecule has 0 bridgehead atoms. The average Bonchev–Trinajstić information content (AvgIpc) is 2.58. The lowest BCUT2D eigenvalue weighted by Crippen LogP contribution is -2.35. The number of nitriles is 1. The highest BCUT2D eigenvalue weighted by Gasteiger charge is 2.11. The molecule has 2 rings (SSSR count). The van der Waals surface area contributed by atoms with Gasteiger partial charge in [-0.15, -0.1) is 0 Å². The van der Waals surface area contributed by atoms with Crippen molar-refractivity contribution >= 4 is 33.9 Å². The SMILES string of the molecule is Cc1cccc(COc2ccc(/C=C(/C#N)C(=O)NC(N)=O)cc2Br)c1. The Morgan fingerprint density at radius 1 is 1.31 bits per heavy atom. The molecule has 0 saturated carbocycles. The summed E-state index contributed by atoms with van der Waals surface area (Å²) in [6.07, 6.45) is 1.35. The van der Waals surface area contributed by atoms with Crippen LogP contribution in [0.4, 0.5) is 4.79 Å². The molecule has 0 saturated heterocycles. The minimum Gasteiger partial charge on any atom is -0.488 e. The molecule has 0 atom stereocenters. The molecule has 0 heterocycles. The number of amides is 3. The van der Waals surface area contributed by atoms with Crippen molar-refractivity contribution in [2.75, 3.05) is 0 Å². The Kier molecular flexibility index (Phi) is 6.53. The number of primary amides is 1. The predicted molar refractivity (Wildman–Crippen MR) is 101 cm³/mol. The standard InChI is InChI=1S/C19H16BrN3O3/c1-12-3-2-4-14(7-12)11-26-17-6-5-13(9-16(17)20)8-15(10-21)18(24)23-19(22)25/h2-9H,11H2,1H3,(H3,22,23,24,25)/b15-8-. The van der Waals surface area contributed by atoms with Crippen LogP contribution in [0, 0.1) is 18.3 Å². The zero-order valence-corrected chi connectivity index (χ0v) is 15.5. The van der Waals surface area contributed by atoms with Gasteiger partial charge in [0.2, 0.25) is 0 Å². The normalized spacial score (nSPS) is 10.7. The maximum Gasteiger partial charge on any atom is 0.319 e. The van der Waals surface area contributed by atoms with Crippen LogP contribution in [0.15, 0.2) is 52.5 Å². The Morgan fingerprint density at radius 2 is 2.08 bits per heavy atom. The first-order valence-corrected chi connectivity index (χ1v) is 8.39. The third-order valence-corrected chi connectivity index (χ3v) is 3.97. The summed E-state index contributed by atoms with van der Waals surface area (Å²) in [6, 6.07) is 13.9. The number of nitrogens with zero attached hydrogens (tertiary/aromatic N) is 1. The predicted octanol–water partition coefficient (Wildman–Crippen LogP) is 3.44. The highest BCUT2D eigenvalue weighted by atomic mass is 79.9. The van der Waals surface area contributed by atoms with Gasteiger partial charge in [-0.25, -0.2) is 4.79 Å². The molecular formula is C19H16BrN3O3. The second-order valence-corrected chi connectivity index (χ2v) is 6.31. The van der Waals surface area contributed by atoms with Crippen molar-refractivity contribution in [3.05, 3.63) is 69.2 Å². The molecule has 2 aromatic carbocycles. The molecule has 0 unspecified atom stereocenters. The zero-order chi connectivity index (χ0) is 19.1. The van der Waals surface area contributed by atoms with E-state index in [-0.39, 0.29) is 5.57 Å². The zero-order valence-electron chi connectivity index (χ0n) is 14.0. The van der Waals surface area contributed by atoms with Crippen molar-refractivity contribution in [1.82, 2.24) is 5.32 Å². The summed E-state index contributed by atoms with van der Waals surface area (Å²) in [4.78, 5) is 22.4. The van der Waals surface area contributed by atoms with E-state index in [0.29, 0.717) is 22.4 Å². The summed E-state index contributed by atoms with van der Waals surface area (Å²) >= 11 is 3.41. The van der Waals surface area contributed by atoms with Crippen LogP contribution in [0.2, 0.25) is 0 Å². The molecule has 0 aliphatic rings. The third kappa shape index (κ3) is 5.46. The first-order valence-electron chi connectivity index (χ1n) is 7.59. The lowest BCUT2D eigenvalue weighted by molar-refractivity contribution is -0.115. The fraction of sp³-hybridized carbons (Fsp3) is 0.105. The van der Waals surface area contributed by atoms with Crippen molar-refractivity contribution in [3.8, 4) is 11.8 Å². The van der Waals surface area contributed by atoms with E-state index in [2.05, 4.69) is 15.9 Å². The van der Waals surface area contributed by atoms with Crippen LogP contribution in [-0.2, 0) is 11.4 Å². The molecule has 0 spiro atoms. The van der Waals surface area contributed by atoms with Crippen molar-refractivity contribution in [3.63, 3.8) is 0 Å². The highest BCUT2D eigenvalue weighted by Crippen LogP contribution is 2.27. The summed E-state index contributed by atoms with van der Waals surface area (Å²) in [5.41, 5.74) is 7.45. The van der Waals surface area contributed by atoms with Crippen LogP contribution in [0.3, 0.4) is 0 Å². The minimum atomic E-state index is -1.02. The van der Waals surface area contributed by atoms with Gasteiger partial charge in [-0.05, 0) is 52.2 Å². The van der Waals surface area contributed by atoms with Crippen LogP contribution >= 0.6 is 15.9 Å². The Morgan fingerprint density at radius 3 is 2.69 bits per heavy atom. The van der Waals surface area contributed by atoms with Gasteiger partial charge < -0.3 is 10.5 Å². The highest BCUT2D eigenvalue weighted by molar-refractivity contribution is 9.10. The monoisotopic (exact) mass is 413 g/mol. The second-order valence-electron chi connectivity index (χ2n) is 5.46. The van der Waals surface area contributed by atoms with Crippen molar-refractivity contribution in [1.29, 1.82) is 5.26 Å². The number of halogens is 1. The summed E-state index contributed by atoms with van der Waals surface area (Å²) in [6.45, 7) is 2.43. The van der Waals surface area contributed by atoms with E-state index in [1.165, 1.54) is 6.08 Å². The molecule has 3 N–H and O–H groups in total. The van der Waals surface area contributed by atoms with Crippen LogP contribution in [0.25, 0.3) is 6.08 Å². The molecule has 26 heavy (non-hydrogen) atoms. The van der Waals surface area contributed by atoms with Gasteiger partial charge in [-0.1, -0.05) is 35.9 Å². The Labute approximate surface area is 159 Å². The minimum absolute atomic E-state index is 0.232. The number of nitrogens with two attached hydrogens (primary N) is 1. The van der Waals surface area contributed by atoms with Crippen molar-refractivity contribution in [2.45, 2.75) is 13.5 Å². The quantitative estimate of drug-likeness (QED) is 0.578. The number of nitrogens with one attached hydrogen (secondary N) is 1. The number of ether oxygens (including phenoxy) is 1. The smallest absolute Gasteiger partial charge is 0.319 e. The lowest BCUT2D eigenvalue weighted by atomic mass is 10.1. The number of urea groups is 1. The van der Waals surface area contributed by atoms with E-state index >= 15 is 0 Å². The molecular weight excluding hydrogens is 398 g/mol. The van der Waals surface area contributed by atoms with Gasteiger partial charge >= 0.3 is 6.03 Å². The topological polar surface area (TPSA) is 105 Å². The molecule has 0 aliphatic heterocycles. The lowest BCUT2D eigenvalue weighted by Gasteiger charge is -2.09. The van der Waals surface area contributed by atoms with Gasteiger partial charge in [0, 0.05) is 0 Å². The van der Waals surface area contributed by atoms with Crippen LogP contribution in [0.5, 0.6) is 5.75 Å². The van der Waals surface area contributed by atoms with E-state index < -0.39 is 11.9 Å². The maximum atomic E-state index is 11.7. The van der Waals surface area contributed by atoms with Crippen LogP contribution in [0.1, 0.15) is 16.7 Å². The molecule has 3 amide bonds. The Bertz CT molecular complexity index is 916. The Balaban J connectivity index is 2.13. The number of carbonyl (C=O) groups is 2. The molecule has 132 valence electrons. The summed E-state index contributed by atoms with van der Waals surface area (Å²) in [5.74, 6) is -0.223. The van der Waals surface area contributed by atoms with E-state index in [4.69, 9.17) is 15.7 Å². The summed E-state index contributed by atoms with van der Waals surface area (Å²) in [7, 11) is 0. The van der Waals surface area contributed by atoms with E-state index in [1.54, 1.807) is 24.3 Å². The largest absolute Gasteiger partial charge is 0.488 e. The second kappa shape index (κ2) is 8.83. The maximum absolute atomic E-state index is 11.7. The van der Waals surface area contributed by atoms with Gasteiger partial charge in [0.15, 0.2) is 0 Å². The van der Waals surface area contributed by atoms with Crippen molar-refractivity contribution in [2.24, 2.45) is 5.73 Å². The number of aryl methyl sites for hydroxylation is 1. The average molecular weight is 414 g/mol. The summed E-state index contributed by atoms with van der Waals surface area (Å²) in [5, 5.41) is 10.9. The molecule has 0 fully saturated rings. The van der Waals surface area contributed by atoms with Gasteiger partial charge in [0.25, 0.3) is 5.91 Å². The fourth-order valence-electron chi connectivity index (χ4n) is 2.18. The van der Waals surface area contributed by atoms with Gasteiger partial charge in [0.05, 0.1) is 4.47 Å². The van der Waals surface area contributed by atoms with E-state index in [9.17, 15) is 9.59 Å². The molecule has 2 aromatic rings. The number of hydrogen-bond acceptors (Lipinski definition) is 4. The fourth-order valence-corrected chi connectivity index (χ4v) is 2.69. The van der Waals surface area contributed by atoms with E-state index in [1.807, 2.05) is 36.5 Å². The first kappa shape index (κ1) is 19.2. The molecule has 0 aromatic heterocycles. The molecule has 6 nitrogen and oxygen atoms in total. The number of carbonyl (C=O) groups excluding carboxylic acids is 2. The van der Waals surface area contributed by atoms with Gasteiger partial charge in [0.1, 0.15) is 24.0 Å². The Hall–Kier alpha value is -3.11. The van der Waals surface area contributed by atoms with Gasteiger partial charge in [-0.2, -0.15) is 5.26 Å². The number of hydrogen-bond donors (Lipinski definition) is 2. The van der Waals surface area contributed by atoms with Crippen LogP contribution in [-0.4, -0.2) is 11.9 Å². The third-order valence-electron chi connectivity index (χ3n) is 3.35. The van der Waals surface area contributed by atoms with E-state index in [0.717, 1.165) is 11.1 Å². The number of benzene rings is 2. The molecule has 0 radical (unpaired) electrons. The molecule has 0 aliphatic carbocycles. The van der Waals surface area contributed by atoms with Crippen LogP contribution < -0.4 is 15.8 Å². The molecule has 7 heteroatoms. The number of imide groups is 1. The number of rotatable bonds is 5. The van der Waals surface area contributed by atoms with Gasteiger partial charge in [-0.3, -0.25) is 10.1 Å². The summed E-state index contributed by atoms with van der Waals surface area (Å²) < 4.78 is 6.46.